The van der Waals surface area contributed by atoms with Crippen molar-refractivity contribution in [3.63, 3.8) is 0 Å². The van der Waals surface area contributed by atoms with E-state index in [0.717, 1.165) is 28.6 Å². The monoisotopic (exact) mass is 784 g/mol. The summed E-state index contributed by atoms with van der Waals surface area (Å²) in [4.78, 5) is 16.4. The SMILES string of the molecule is CC1CCC(C)c2cc3c(cc21)B1c2cc(C(C)(C)C)ccc2N(c2ccc(C(C)(C)C)cc2)c2nc(N(c4ccccc4)c4ccc5ccccc5c4)nc(c21)C3(C)C. The van der Waals surface area contributed by atoms with Gasteiger partial charge in [0.15, 0.2) is 0 Å². The first-order valence-corrected chi connectivity index (χ1v) is 22.1. The molecule has 5 heteroatoms. The van der Waals surface area contributed by atoms with Crippen molar-refractivity contribution in [2.24, 2.45) is 0 Å². The summed E-state index contributed by atoms with van der Waals surface area (Å²) in [6, 6.07) is 47.6. The maximum Gasteiger partial charge on any atom is 0.251 e. The number of nitrogens with zero attached hydrogens (tertiary/aromatic N) is 4. The lowest BCUT2D eigenvalue weighted by Gasteiger charge is -2.45. The largest absolute Gasteiger partial charge is 0.296 e. The van der Waals surface area contributed by atoms with Gasteiger partial charge in [0.05, 0.1) is 5.69 Å². The Bertz CT molecular complexity index is 2810. The fourth-order valence-corrected chi connectivity index (χ4v) is 10.4. The number of hydrogen-bond acceptors (Lipinski definition) is 4. The van der Waals surface area contributed by atoms with Crippen LogP contribution in [0, 0.1) is 0 Å². The molecule has 6 aromatic carbocycles. The summed E-state index contributed by atoms with van der Waals surface area (Å²) in [5, 5.41) is 2.39. The highest BCUT2D eigenvalue weighted by atomic mass is 15.3. The third-order valence-corrected chi connectivity index (χ3v) is 14.0. The molecule has 0 spiro atoms. The van der Waals surface area contributed by atoms with Crippen molar-refractivity contribution >= 4 is 68.4 Å². The van der Waals surface area contributed by atoms with E-state index in [9.17, 15) is 0 Å². The molecule has 1 aliphatic carbocycles. The van der Waals surface area contributed by atoms with E-state index in [1.165, 1.54) is 73.5 Å². The van der Waals surface area contributed by atoms with Crippen LogP contribution < -0.4 is 26.2 Å². The van der Waals surface area contributed by atoms with Gasteiger partial charge in [-0.2, -0.15) is 4.98 Å². The summed E-state index contributed by atoms with van der Waals surface area (Å²) in [5.74, 6) is 2.67. The molecule has 4 nitrogen and oxygen atoms in total. The van der Waals surface area contributed by atoms with Crippen LogP contribution in [0.3, 0.4) is 0 Å². The fourth-order valence-electron chi connectivity index (χ4n) is 10.4. The molecule has 0 radical (unpaired) electrons. The second-order valence-corrected chi connectivity index (χ2v) is 20.5. The van der Waals surface area contributed by atoms with Gasteiger partial charge in [0.1, 0.15) is 5.82 Å². The highest BCUT2D eigenvalue weighted by Crippen LogP contribution is 2.47. The molecule has 2 unspecified atom stereocenters. The number of fused-ring (bicyclic) bond motifs is 6. The molecule has 3 aliphatic rings. The molecule has 0 N–H and O–H groups in total. The molecule has 2 atom stereocenters. The minimum absolute atomic E-state index is 0.0185. The molecule has 10 rings (SSSR count). The molecule has 0 saturated carbocycles. The van der Waals surface area contributed by atoms with Crippen molar-refractivity contribution in [1.82, 2.24) is 9.97 Å². The average Bonchev–Trinajstić information content (AvgIpc) is 3.23. The quantitative estimate of drug-likeness (QED) is 0.166. The van der Waals surface area contributed by atoms with Gasteiger partial charge in [-0.05, 0) is 127 Å². The Morgan fingerprint density at radius 2 is 1.25 bits per heavy atom. The van der Waals surface area contributed by atoms with E-state index >= 15 is 0 Å². The smallest absolute Gasteiger partial charge is 0.251 e. The minimum Gasteiger partial charge on any atom is -0.296 e. The van der Waals surface area contributed by atoms with Crippen LogP contribution in [0.2, 0.25) is 0 Å². The third kappa shape index (κ3) is 6.10. The molecule has 300 valence electrons. The first-order valence-electron chi connectivity index (χ1n) is 22.1. The zero-order valence-electron chi connectivity index (χ0n) is 37.1. The van der Waals surface area contributed by atoms with Gasteiger partial charge in [0.2, 0.25) is 5.95 Å². The lowest BCUT2D eigenvalue weighted by atomic mass is 9.30. The second kappa shape index (κ2) is 13.7. The predicted octanol–water partition coefficient (Wildman–Crippen LogP) is 12.6. The van der Waals surface area contributed by atoms with E-state index in [2.05, 4.69) is 206 Å². The molecule has 7 aromatic rings. The van der Waals surface area contributed by atoms with Crippen molar-refractivity contribution < 1.29 is 0 Å². The Morgan fingerprint density at radius 1 is 0.617 bits per heavy atom. The molecule has 1 aromatic heterocycles. The summed E-state index contributed by atoms with van der Waals surface area (Å²) in [7, 11) is 0. The van der Waals surface area contributed by atoms with E-state index in [1.54, 1.807) is 0 Å². The van der Waals surface area contributed by atoms with Crippen LogP contribution >= 0.6 is 0 Å². The molecule has 0 saturated heterocycles. The van der Waals surface area contributed by atoms with Gasteiger partial charge in [-0.1, -0.05) is 160 Å². The molecule has 3 heterocycles. The van der Waals surface area contributed by atoms with Crippen molar-refractivity contribution in [2.45, 2.75) is 110 Å². The van der Waals surface area contributed by atoms with Crippen LogP contribution in [0.5, 0.6) is 0 Å². The molecule has 0 amide bonds. The van der Waals surface area contributed by atoms with Crippen LogP contribution in [-0.2, 0) is 16.2 Å². The summed E-state index contributed by atoms with van der Waals surface area (Å²) in [6.45, 7) is 23.5. The molecule has 60 heavy (non-hydrogen) atoms. The number of rotatable bonds is 4. The zero-order chi connectivity index (χ0) is 41.9. The van der Waals surface area contributed by atoms with Gasteiger partial charge < -0.3 is 0 Å². The van der Waals surface area contributed by atoms with Gasteiger partial charge >= 0.3 is 0 Å². The summed E-state index contributed by atoms with van der Waals surface area (Å²) >= 11 is 0. The number of benzene rings is 6. The molecule has 2 aliphatic heterocycles. The third-order valence-electron chi connectivity index (χ3n) is 14.0. The van der Waals surface area contributed by atoms with Gasteiger partial charge in [-0.25, -0.2) is 4.98 Å². The Morgan fingerprint density at radius 3 is 1.93 bits per heavy atom. The summed E-state index contributed by atoms with van der Waals surface area (Å²) in [6.07, 6.45) is 2.45. The molecule has 0 fully saturated rings. The first kappa shape index (κ1) is 38.5. The molecule has 0 bridgehead atoms. The maximum absolute atomic E-state index is 5.84. The van der Waals surface area contributed by atoms with E-state index < -0.39 is 5.41 Å². The summed E-state index contributed by atoms with van der Waals surface area (Å²) in [5.41, 5.74) is 16.1. The van der Waals surface area contributed by atoms with Crippen LogP contribution in [0.15, 0.2) is 127 Å². The number of anilines is 6. The second-order valence-electron chi connectivity index (χ2n) is 20.5. The normalized spacial score (nSPS) is 17.8. The Hall–Kier alpha value is -5.68. The Labute approximate surface area is 357 Å². The lowest BCUT2D eigenvalue weighted by Crippen LogP contribution is -2.65. The topological polar surface area (TPSA) is 32.3 Å². The fraction of sp³-hybridized carbons (Fsp3) is 0.309. The average molecular weight is 785 g/mol. The van der Waals surface area contributed by atoms with E-state index in [1.807, 2.05) is 0 Å². The highest BCUT2D eigenvalue weighted by molar-refractivity contribution is 6.99. The zero-order valence-corrected chi connectivity index (χ0v) is 37.1. The van der Waals surface area contributed by atoms with Gasteiger partial charge in [-0.15, -0.1) is 0 Å². The van der Waals surface area contributed by atoms with Gasteiger partial charge in [0, 0.05) is 28.2 Å². The van der Waals surface area contributed by atoms with Gasteiger partial charge in [0.25, 0.3) is 6.71 Å². The van der Waals surface area contributed by atoms with Crippen LogP contribution in [0.25, 0.3) is 10.8 Å². The predicted molar refractivity (Wildman–Crippen MR) is 256 cm³/mol. The number of para-hydroxylation sites is 1. The van der Waals surface area contributed by atoms with Crippen molar-refractivity contribution in [1.29, 1.82) is 0 Å². The van der Waals surface area contributed by atoms with Crippen molar-refractivity contribution in [3.05, 3.63) is 161 Å². The summed E-state index contributed by atoms with van der Waals surface area (Å²) < 4.78 is 0. The van der Waals surface area contributed by atoms with E-state index in [0.29, 0.717) is 17.8 Å². The Balaban J connectivity index is 1.31. The highest BCUT2D eigenvalue weighted by Gasteiger charge is 2.49. The van der Waals surface area contributed by atoms with Crippen LogP contribution in [-0.4, -0.2) is 16.7 Å². The van der Waals surface area contributed by atoms with Gasteiger partial charge in [-0.3, -0.25) is 9.80 Å². The maximum atomic E-state index is 5.84. The minimum atomic E-state index is -0.407. The van der Waals surface area contributed by atoms with Crippen LogP contribution in [0.1, 0.15) is 127 Å². The Kier molecular flexibility index (Phi) is 8.78. The standard InChI is InChI=1S/C55H57BN4/c1-34-20-21-35(2)44-33-46-45(32-43(34)44)55(9,10)50-49-51(58-52(57-50)59(40-18-12-11-13-19-40)42-26-22-36-16-14-15-17-37(36)30-42)60(41-27-23-38(24-28-41)53(3,4)5)48-29-25-39(54(6,7)8)31-47(48)56(46)49/h11-19,22-35H,20-21H2,1-10H3. The van der Waals surface area contributed by atoms with Crippen LogP contribution in [0.4, 0.5) is 34.5 Å². The number of aromatic nitrogens is 2. The molecular weight excluding hydrogens is 727 g/mol. The first-order chi connectivity index (χ1) is 28.6. The van der Waals surface area contributed by atoms with Crippen molar-refractivity contribution in [2.75, 3.05) is 9.80 Å². The van der Waals surface area contributed by atoms with E-state index in [-0.39, 0.29) is 17.5 Å². The van der Waals surface area contributed by atoms with E-state index in [4.69, 9.17) is 9.97 Å². The number of hydrogen-bond donors (Lipinski definition) is 0. The molecular formula is C55H57BN4. The lowest BCUT2D eigenvalue weighted by molar-refractivity contribution is 0.524. The van der Waals surface area contributed by atoms with Crippen molar-refractivity contribution in [3.8, 4) is 0 Å².